The van der Waals surface area contributed by atoms with Crippen molar-refractivity contribution in [3.05, 3.63) is 81.6 Å². The van der Waals surface area contributed by atoms with Crippen molar-refractivity contribution in [1.82, 2.24) is 14.8 Å². The molecule has 0 spiro atoms. The van der Waals surface area contributed by atoms with Gasteiger partial charge in [0.2, 0.25) is 5.88 Å². The summed E-state index contributed by atoms with van der Waals surface area (Å²) < 4.78 is 86.7. The van der Waals surface area contributed by atoms with Crippen LogP contribution in [-0.2, 0) is 26.0 Å². The number of hydrogen-bond acceptors (Lipinski definition) is 4. The van der Waals surface area contributed by atoms with E-state index in [0.717, 1.165) is 16.9 Å². The summed E-state index contributed by atoms with van der Waals surface area (Å²) in [5.74, 6) is -0.918. The summed E-state index contributed by atoms with van der Waals surface area (Å²) in [5.41, 5.74) is -2.60. The van der Waals surface area contributed by atoms with Gasteiger partial charge in [-0.15, -0.1) is 0 Å². The zero-order valence-corrected chi connectivity index (χ0v) is 20.1. The lowest BCUT2D eigenvalue weighted by molar-refractivity contribution is -0.141. The molecule has 5 nitrogen and oxygen atoms in total. The number of nitrogens with zero attached hydrogens (tertiary/aromatic N) is 3. The fourth-order valence-corrected chi connectivity index (χ4v) is 3.88. The number of benzene rings is 2. The summed E-state index contributed by atoms with van der Waals surface area (Å²) in [6.07, 6.45) is -8.53. The lowest BCUT2D eigenvalue weighted by Crippen LogP contribution is -2.07. The molecule has 0 amide bonds. The summed E-state index contributed by atoms with van der Waals surface area (Å²) >= 11 is 11.6. The second-order valence-electron chi connectivity index (χ2n) is 7.84. The molecular weight excluding hydrogens is 547 g/mol. The van der Waals surface area contributed by atoms with Crippen LogP contribution in [0.3, 0.4) is 0 Å². The number of alkyl halides is 6. The highest BCUT2D eigenvalue weighted by molar-refractivity contribution is 6.31. The molecule has 13 heteroatoms. The van der Waals surface area contributed by atoms with Gasteiger partial charge in [0.15, 0.2) is 5.69 Å². The van der Waals surface area contributed by atoms with E-state index in [9.17, 15) is 31.4 Å². The molecule has 0 aliphatic carbocycles. The van der Waals surface area contributed by atoms with Gasteiger partial charge in [-0.1, -0.05) is 41.4 Å². The minimum Gasteiger partial charge on any atom is -0.506 e. The Morgan fingerprint density at radius 1 is 0.946 bits per heavy atom. The first-order valence-corrected chi connectivity index (χ1v) is 11.1. The number of aryl methyl sites for hydroxylation is 1. The maximum absolute atomic E-state index is 13.5. The molecule has 2 aromatic carbocycles. The standard InChI is InChI=1S/C24H15Cl2F6N3O2/c1-35-18(9-19(34-35)24(30,31)32)15-10-33-22(37-11-12-2-5-14(25)6-3-12)20(21(15)36)13-4-7-17(26)16(8-13)23(27,28)29/h2-10H,11H2,1H3,(H,33,36). The van der Waals surface area contributed by atoms with E-state index in [1.54, 1.807) is 24.3 Å². The maximum Gasteiger partial charge on any atom is 0.435 e. The number of halogens is 8. The second-order valence-corrected chi connectivity index (χ2v) is 8.69. The minimum atomic E-state index is -4.82. The molecule has 2 aromatic heterocycles. The van der Waals surface area contributed by atoms with Gasteiger partial charge in [-0.05, 0) is 41.5 Å². The van der Waals surface area contributed by atoms with E-state index >= 15 is 0 Å². The Labute approximate surface area is 215 Å². The van der Waals surface area contributed by atoms with Gasteiger partial charge < -0.3 is 9.84 Å². The van der Waals surface area contributed by atoms with Crippen LogP contribution in [0.4, 0.5) is 26.3 Å². The summed E-state index contributed by atoms with van der Waals surface area (Å²) in [7, 11) is 1.22. The van der Waals surface area contributed by atoms with Crippen LogP contribution in [0.5, 0.6) is 11.6 Å². The third-order valence-corrected chi connectivity index (χ3v) is 5.89. The van der Waals surface area contributed by atoms with Gasteiger partial charge in [0.25, 0.3) is 0 Å². The van der Waals surface area contributed by atoms with Gasteiger partial charge >= 0.3 is 12.4 Å². The van der Waals surface area contributed by atoms with Crippen LogP contribution in [0.15, 0.2) is 54.7 Å². The third kappa shape index (κ3) is 5.62. The van der Waals surface area contributed by atoms with Gasteiger partial charge in [0, 0.05) is 18.3 Å². The van der Waals surface area contributed by atoms with E-state index in [1.165, 1.54) is 13.1 Å². The van der Waals surface area contributed by atoms with Crippen LogP contribution < -0.4 is 4.74 Å². The SMILES string of the molecule is Cn1nc(C(F)(F)F)cc1-c1cnc(OCc2ccc(Cl)cc2)c(-c2ccc(Cl)c(C(F)(F)F)c2)c1O. The maximum atomic E-state index is 13.5. The molecule has 0 unspecified atom stereocenters. The van der Waals surface area contributed by atoms with E-state index in [0.29, 0.717) is 22.7 Å². The van der Waals surface area contributed by atoms with Crippen LogP contribution in [0.2, 0.25) is 10.0 Å². The Balaban J connectivity index is 1.87. The smallest absolute Gasteiger partial charge is 0.435 e. The molecule has 0 fully saturated rings. The zero-order chi connectivity index (χ0) is 27.1. The molecule has 0 atom stereocenters. The van der Waals surface area contributed by atoms with Crippen molar-refractivity contribution in [3.8, 4) is 34.0 Å². The summed E-state index contributed by atoms with van der Waals surface area (Å²) in [6.45, 7) is -0.0976. The number of rotatable bonds is 5. The summed E-state index contributed by atoms with van der Waals surface area (Å²) in [5, 5.41) is 14.4. The monoisotopic (exact) mass is 561 g/mol. The molecule has 194 valence electrons. The third-order valence-electron chi connectivity index (χ3n) is 5.31. The Morgan fingerprint density at radius 3 is 2.22 bits per heavy atom. The van der Waals surface area contributed by atoms with Gasteiger partial charge in [-0.3, -0.25) is 4.68 Å². The Bertz CT molecular complexity index is 1450. The fraction of sp³-hybridized carbons (Fsp3) is 0.167. The molecule has 1 N–H and O–H groups in total. The van der Waals surface area contributed by atoms with Crippen molar-refractivity contribution >= 4 is 23.2 Å². The first-order valence-electron chi connectivity index (χ1n) is 10.3. The van der Waals surface area contributed by atoms with Crippen LogP contribution >= 0.6 is 23.2 Å². The quantitative estimate of drug-likeness (QED) is 0.253. The average Bonchev–Trinajstić information content (AvgIpc) is 3.20. The average molecular weight is 562 g/mol. The number of aromatic hydroxyl groups is 1. The summed E-state index contributed by atoms with van der Waals surface area (Å²) in [6, 6.07) is 10.1. The van der Waals surface area contributed by atoms with Crippen LogP contribution in [0.25, 0.3) is 22.4 Å². The molecule has 37 heavy (non-hydrogen) atoms. The second kappa shape index (κ2) is 9.79. The molecule has 0 bridgehead atoms. The predicted molar refractivity (Wildman–Crippen MR) is 124 cm³/mol. The normalized spacial score (nSPS) is 12.1. The largest absolute Gasteiger partial charge is 0.506 e. The molecule has 2 heterocycles. The molecular formula is C24H15Cl2F6N3O2. The molecule has 4 rings (SSSR count). The topological polar surface area (TPSA) is 60.2 Å². The van der Waals surface area contributed by atoms with Gasteiger partial charge in [0.05, 0.1) is 27.4 Å². The highest BCUT2D eigenvalue weighted by atomic mass is 35.5. The lowest BCUT2D eigenvalue weighted by Gasteiger charge is -2.17. The molecule has 0 saturated carbocycles. The van der Waals surface area contributed by atoms with Gasteiger partial charge in [0.1, 0.15) is 12.4 Å². The van der Waals surface area contributed by atoms with Crippen molar-refractivity contribution in [2.45, 2.75) is 19.0 Å². The molecule has 0 saturated heterocycles. The molecule has 0 aliphatic rings. The Morgan fingerprint density at radius 2 is 1.62 bits per heavy atom. The number of hydrogen-bond donors (Lipinski definition) is 1. The highest BCUT2D eigenvalue weighted by Gasteiger charge is 2.36. The number of aromatic nitrogens is 3. The van der Waals surface area contributed by atoms with E-state index in [4.69, 9.17) is 27.9 Å². The first-order chi connectivity index (χ1) is 17.3. The molecule has 0 radical (unpaired) electrons. The van der Waals surface area contributed by atoms with Crippen molar-refractivity contribution in [2.75, 3.05) is 0 Å². The van der Waals surface area contributed by atoms with Gasteiger partial charge in [-0.25, -0.2) is 4.98 Å². The number of pyridine rings is 1. The van der Waals surface area contributed by atoms with E-state index < -0.39 is 34.4 Å². The van der Waals surface area contributed by atoms with Crippen molar-refractivity contribution in [3.63, 3.8) is 0 Å². The van der Waals surface area contributed by atoms with Crippen LogP contribution in [0.1, 0.15) is 16.8 Å². The first kappa shape index (κ1) is 26.6. The minimum absolute atomic E-state index is 0.0976. The Hall–Kier alpha value is -3.44. The van der Waals surface area contributed by atoms with Crippen LogP contribution in [0, 0.1) is 0 Å². The van der Waals surface area contributed by atoms with Crippen molar-refractivity contribution in [2.24, 2.45) is 7.05 Å². The van der Waals surface area contributed by atoms with Crippen molar-refractivity contribution < 1.29 is 36.2 Å². The number of ether oxygens (including phenoxy) is 1. The van der Waals surface area contributed by atoms with E-state index in [-0.39, 0.29) is 34.9 Å². The lowest BCUT2D eigenvalue weighted by atomic mass is 10.00. The molecule has 4 aromatic rings. The Kier molecular flexibility index (Phi) is 7.04. The zero-order valence-electron chi connectivity index (χ0n) is 18.6. The molecule has 0 aliphatic heterocycles. The summed E-state index contributed by atoms with van der Waals surface area (Å²) in [4.78, 5) is 4.11. The van der Waals surface area contributed by atoms with Crippen LogP contribution in [-0.4, -0.2) is 19.9 Å². The predicted octanol–water partition coefficient (Wildman–Crippen LogP) is 7.78. The highest BCUT2D eigenvalue weighted by Crippen LogP contribution is 2.46. The fourth-order valence-electron chi connectivity index (χ4n) is 3.53. The van der Waals surface area contributed by atoms with Crippen molar-refractivity contribution in [1.29, 1.82) is 0 Å². The van der Waals surface area contributed by atoms with E-state index in [1.807, 2.05) is 0 Å². The van der Waals surface area contributed by atoms with E-state index in [2.05, 4.69) is 10.1 Å². The van der Waals surface area contributed by atoms with Gasteiger partial charge in [-0.2, -0.15) is 31.4 Å².